The van der Waals surface area contributed by atoms with Crippen molar-refractivity contribution in [3.63, 3.8) is 0 Å². The molecule has 2 rings (SSSR count). The van der Waals surface area contributed by atoms with Crippen LogP contribution < -0.4 is 9.47 Å². The van der Waals surface area contributed by atoms with Crippen LogP contribution >= 0.6 is 0 Å². The SMILES string of the molecule is COc1cc(S(=O)(=O)N(C)Cc2ccccc2)c(OC)cc1C. The Balaban J connectivity index is 2.42. The van der Waals surface area contributed by atoms with E-state index in [-0.39, 0.29) is 11.4 Å². The Morgan fingerprint density at radius 1 is 1.00 bits per heavy atom. The first-order chi connectivity index (χ1) is 10.9. The van der Waals surface area contributed by atoms with E-state index >= 15 is 0 Å². The van der Waals surface area contributed by atoms with Crippen molar-refractivity contribution >= 4 is 10.0 Å². The first-order valence-corrected chi connectivity index (χ1v) is 8.57. The van der Waals surface area contributed by atoms with Gasteiger partial charge < -0.3 is 9.47 Å². The van der Waals surface area contributed by atoms with Gasteiger partial charge in [-0.2, -0.15) is 4.31 Å². The van der Waals surface area contributed by atoms with Crippen LogP contribution in [0, 0.1) is 6.92 Å². The fourth-order valence-corrected chi connectivity index (χ4v) is 3.62. The van der Waals surface area contributed by atoms with Gasteiger partial charge in [0.1, 0.15) is 16.4 Å². The predicted octanol–water partition coefficient (Wildman–Crippen LogP) is 2.83. The Kier molecular flexibility index (Phi) is 5.28. The largest absolute Gasteiger partial charge is 0.496 e. The number of aryl methyl sites for hydroxylation is 1. The van der Waals surface area contributed by atoms with Gasteiger partial charge in [-0.05, 0) is 24.1 Å². The van der Waals surface area contributed by atoms with E-state index in [2.05, 4.69) is 0 Å². The highest BCUT2D eigenvalue weighted by Gasteiger charge is 2.26. The molecular formula is C17H21NO4S. The lowest BCUT2D eigenvalue weighted by Crippen LogP contribution is -2.27. The zero-order valence-electron chi connectivity index (χ0n) is 13.7. The molecule has 0 saturated carbocycles. The first-order valence-electron chi connectivity index (χ1n) is 7.13. The normalized spacial score (nSPS) is 11.5. The molecule has 0 amide bonds. The second-order valence-corrected chi connectivity index (χ2v) is 7.23. The van der Waals surface area contributed by atoms with Gasteiger partial charge in [0.05, 0.1) is 14.2 Å². The van der Waals surface area contributed by atoms with Crippen LogP contribution in [-0.2, 0) is 16.6 Å². The smallest absolute Gasteiger partial charge is 0.246 e. The molecule has 23 heavy (non-hydrogen) atoms. The number of methoxy groups -OCH3 is 2. The van der Waals surface area contributed by atoms with Crippen molar-refractivity contribution in [1.29, 1.82) is 0 Å². The highest BCUT2D eigenvalue weighted by Crippen LogP contribution is 2.33. The molecule has 124 valence electrons. The maximum Gasteiger partial charge on any atom is 0.246 e. The average Bonchev–Trinajstić information content (AvgIpc) is 2.55. The first kappa shape index (κ1) is 17.3. The number of ether oxygens (including phenoxy) is 2. The van der Waals surface area contributed by atoms with Gasteiger partial charge >= 0.3 is 0 Å². The summed E-state index contributed by atoms with van der Waals surface area (Å²) < 4.78 is 37.6. The van der Waals surface area contributed by atoms with Crippen LogP contribution in [0.25, 0.3) is 0 Å². The molecule has 0 unspecified atom stereocenters. The van der Waals surface area contributed by atoms with Crippen molar-refractivity contribution < 1.29 is 17.9 Å². The Morgan fingerprint density at radius 2 is 1.61 bits per heavy atom. The van der Waals surface area contributed by atoms with Crippen molar-refractivity contribution in [1.82, 2.24) is 4.31 Å². The number of hydrogen-bond acceptors (Lipinski definition) is 4. The summed E-state index contributed by atoms with van der Waals surface area (Å²) in [5.41, 5.74) is 1.73. The second kappa shape index (κ2) is 7.02. The minimum Gasteiger partial charge on any atom is -0.496 e. The Hall–Kier alpha value is -2.05. The van der Waals surface area contributed by atoms with Gasteiger partial charge in [0.2, 0.25) is 10.0 Å². The molecule has 0 radical (unpaired) electrons. The summed E-state index contributed by atoms with van der Waals surface area (Å²) in [5, 5.41) is 0. The molecule has 0 fully saturated rings. The molecule has 2 aromatic carbocycles. The summed E-state index contributed by atoms with van der Waals surface area (Å²) in [4.78, 5) is 0.0980. The number of sulfonamides is 1. The van der Waals surface area contributed by atoms with Crippen LogP contribution in [0.15, 0.2) is 47.4 Å². The van der Waals surface area contributed by atoms with Crippen molar-refractivity contribution in [2.75, 3.05) is 21.3 Å². The van der Waals surface area contributed by atoms with E-state index in [0.717, 1.165) is 11.1 Å². The predicted molar refractivity (Wildman–Crippen MR) is 89.4 cm³/mol. The maximum atomic E-state index is 12.9. The molecule has 0 aliphatic heterocycles. The van der Waals surface area contributed by atoms with E-state index < -0.39 is 10.0 Å². The van der Waals surface area contributed by atoms with Gasteiger partial charge in [0, 0.05) is 19.7 Å². The molecule has 0 spiro atoms. The van der Waals surface area contributed by atoms with Gasteiger partial charge in [-0.1, -0.05) is 30.3 Å². The second-order valence-electron chi connectivity index (χ2n) is 5.22. The topological polar surface area (TPSA) is 55.8 Å². The lowest BCUT2D eigenvalue weighted by molar-refractivity contribution is 0.386. The molecule has 0 aromatic heterocycles. The maximum absolute atomic E-state index is 12.9. The summed E-state index contributed by atoms with van der Waals surface area (Å²) in [6.45, 7) is 2.12. The molecule has 0 heterocycles. The minimum absolute atomic E-state index is 0.0980. The Bertz CT molecular complexity index is 773. The third kappa shape index (κ3) is 3.65. The standard InChI is InChI=1S/C17H21NO4S/c1-13-10-16(22-4)17(11-15(13)21-3)23(19,20)18(2)12-14-8-6-5-7-9-14/h5-11H,12H2,1-4H3. The van der Waals surface area contributed by atoms with E-state index in [1.807, 2.05) is 37.3 Å². The van der Waals surface area contributed by atoms with E-state index in [0.29, 0.717) is 11.5 Å². The summed E-state index contributed by atoms with van der Waals surface area (Å²) in [6, 6.07) is 12.6. The third-order valence-corrected chi connectivity index (χ3v) is 5.44. The van der Waals surface area contributed by atoms with Crippen LogP contribution in [-0.4, -0.2) is 34.0 Å². The highest BCUT2D eigenvalue weighted by molar-refractivity contribution is 7.89. The van der Waals surface area contributed by atoms with E-state index in [1.54, 1.807) is 13.1 Å². The summed E-state index contributed by atoms with van der Waals surface area (Å²) in [7, 11) is 0.817. The molecule has 5 nitrogen and oxygen atoms in total. The lowest BCUT2D eigenvalue weighted by Gasteiger charge is -2.20. The summed E-state index contributed by atoms with van der Waals surface area (Å²) >= 11 is 0. The van der Waals surface area contributed by atoms with Crippen molar-refractivity contribution in [3.8, 4) is 11.5 Å². The summed E-state index contributed by atoms with van der Waals surface area (Å²) in [5.74, 6) is 0.820. The molecule has 2 aromatic rings. The minimum atomic E-state index is -3.70. The number of nitrogens with zero attached hydrogens (tertiary/aromatic N) is 1. The fraction of sp³-hybridized carbons (Fsp3) is 0.294. The molecule has 0 N–H and O–H groups in total. The van der Waals surface area contributed by atoms with Crippen LogP contribution in [0.4, 0.5) is 0 Å². The van der Waals surface area contributed by atoms with E-state index in [4.69, 9.17) is 9.47 Å². The quantitative estimate of drug-likeness (QED) is 0.814. The number of benzene rings is 2. The van der Waals surface area contributed by atoms with Gasteiger partial charge in [0.15, 0.2) is 0 Å². The Morgan fingerprint density at radius 3 is 2.17 bits per heavy atom. The van der Waals surface area contributed by atoms with Crippen LogP contribution in [0.1, 0.15) is 11.1 Å². The molecule has 0 aliphatic rings. The van der Waals surface area contributed by atoms with Crippen LogP contribution in [0.2, 0.25) is 0 Å². The van der Waals surface area contributed by atoms with Gasteiger partial charge in [-0.3, -0.25) is 0 Å². The zero-order valence-corrected chi connectivity index (χ0v) is 14.6. The highest BCUT2D eigenvalue weighted by atomic mass is 32.2. The van der Waals surface area contributed by atoms with Crippen molar-refractivity contribution in [2.45, 2.75) is 18.4 Å². The Labute approximate surface area is 137 Å². The molecular weight excluding hydrogens is 314 g/mol. The van der Waals surface area contributed by atoms with Crippen LogP contribution in [0.5, 0.6) is 11.5 Å². The zero-order chi connectivity index (χ0) is 17.0. The van der Waals surface area contributed by atoms with Gasteiger partial charge in [0.25, 0.3) is 0 Å². The molecule has 6 heteroatoms. The molecule has 0 bridgehead atoms. The van der Waals surface area contributed by atoms with Gasteiger partial charge in [-0.25, -0.2) is 8.42 Å². The number of hydrogen-bond donors (Lipinski definition) is 0. The monoisotopic (exact) mass is 335 g/mol. The third-order valence-electron chi connectivity index (χ3n) is 3.62. The van der Waals surface area contributed by atoms with Crippen LogP contribution in [0.3, 0.4) is 0 Å². The van der Waals surface area contributed by atoms with Crippen molar-refractivity contribution in [3.05, 3.63) is 53.6 Å². The fourth-order valence-electron chi connectivity index (χ4n) is 2.32. The lowest BCUT2D eigenvalue weighted by atomic mass is 10.2. The molecule has 0 atom stereocenters. The molecule has 0 aliphatic carbocycles. The number of rotatable bonds is 6. The average molecular weight is 335 g/mol. The van der Waals surface area contributed by atoms with Crippen molar-refractivity contribution in [2.24, 2.45) is 0 Å². The van der Waals surface area contributed by atoms with Gasteiger partial charge in [-0.15, -0.1) is 0 Å². The summed E-state index contributed by atoms with van der Waals surface area (Å²) in [6.07, 6.45) is 0. The van der Waals surface area contributed by atoms with E-state index in [1.165, 1.54) is 24.6 Å². The van der Waals surface area contributed by atoms with E-state index in [9.17, 15) is 8.42 Å². The molecule has 0 saturated heterocycles.